The Morgan fingerprint density at radius 3 is 2.75 bits per heavy atom. The van der Waals surface area contributed by atoms with Crippen LogP contribution in [-0.4, -0.2) is 27.1 Å². The van der Waals surface area contributed by atoms with Crippen LogP contribution in [0.1, 0.15) is 35.4 Å². The van der Waals surface area contributed by atoms with Crippen LogP contribution in [0.15, 0.2) is 6.07 Å². The lowest BCUT2D eigenvalue weighted by Crippen LogP contribution is -2.55. The van der Waals surface area contributed by atoms with E-state index >= 15 is 0 Å². The molecule has 4 nitrogen and oxygen atoms in total. The smallest absolute Gasteiger partial charge is 0.270 e. The first-order chi connectivity index (χ1) is 7.56. The summed E-state index contributed by atoms with van der Waals surface area (Å²) in [5, 5.41) is 7.17. The zero-order chi connectivity index (χ0) is 11.8. The Morgan fingerprint density at radius 1 is 1.69 bits per heavy atom. The fraction of sp³-hybridized carbons (Fsp3) is 0.636. The van der Waals surface area contributed by atoms with Gasteiger partial charge in [0.1, 0.15) is 5.69 Å². The molecular formula is C11H16ClN3O. The van der Waals surface area contributed by atoms with E-state index in [1.54, 1.807) is 17.8 Å². The number of carbonyl (C=O) groups is 1. The fourth-order valence-electron chi connectivity index (χ4n) is 2.02. The average Bonchev–Trinajstić information content (AvgIpc) is 2.51. The molecule has 0 atom stereocenters. The molecule has 88 valence electrons. The normalized spacial score (nSPS) is 17.9. The summed E-state index contributed by atoms with van der Waals surface area (Å²) in [6.07, 6.45) is 3.08. The monoisotopic (exact) mass is 241 g/mol. The number of halogens is 1. The first-order valence-corrected chi connectivity index (χ1v) is 5.99. The molecule has 0 radical (unpaired) electrons. The highest BCUT2D eigenvalue weighted by Crippen LogP contribution is 2.33. The third kappa shape index (κ3) is 1.94. The zero-order valence-electron chi connectivity index (χ0n) is 9.59. The number of hydrogen-bond donors (Lipinski definition) is 1. The number of rotatable bonds is 3. The Hall–Kier alpha value is -1.03. The summed E-state index contributed by atoms with van der Waals surface area (Å²) >= 11 is 5.90. The maximum Gasteiger partial charge on any atom is 0.270 e. The van der Waals surface area contributed by atoms with E-state index in [1.807, 2.05) is 6.92 Å². The van der Waals surface area contributed by atoms with Crippen molar-refractivity contribution in [2.45, 2.75) is 31.7 Å². The lowest BCUT2D eigenvalue weighted by Gasteiger charge is -2.40. The van der Waals surface area contributed by atoms with Crippen LogP contribution < -0.4 is 5.32 Å². The second-order valence-corrected chi connectivity index (χ2v) is 4.78. The predicted octanol–water partition coefficient (Wildman–Crippen LogP) is 1.62. The number of alkyl halides is 1. The highest BCUT2D eigenvalue weighted by atomic mass is 35.5. The molecule has 0 spiro atoms. The molecule has 1 aliphatic carbocycles. The van der Waals surface area contributed by atoms with Crippen molar-refractivity contribution in [1.29, 1.82) is 0 Å². The number of nitrogens with one attached hydrogen (secondary N) is 1. The molecule has 0 saturated heterocycles. The first kappa shape index (κ1) is 11.5. The quantitative estimate of drug-likeness (QED) is 0.818. The Balaban J connectivity index is 2.11. The van der Waals surface area contributed by atoms with Crippen LogP contribution in [0.2, 0.25) is 0 Å². The van der Waals surface area contributed by atoms with Gasteiger partial charge in [-0.25, -0.2) is 0 Å². The Kier molecular flexibility index (Phi) is 2.93. The summed E-state index contributed by atoms with van der Waals surface area (Å²) in [6.45, 7) is 1.87. The van der Waals surface area contributed by atoms with Gasteiger partial charge >= 0.3 is 0 Å². The van der Waals surface area contributed by atoms with Crippen molar-refractivity contribution in [3.63, 3.8) is 0 Å². The number of hydrogen-bond acceptors (Lipinski definition) is 2. The van der Waals surface area contributed by atoms with Gasteiger partial charge in [0.2, 0.25) is 0 Å². The van der Waals surface area contributed by atoms with E-state index in [4.69, 9.17) is 11.6 Å². The molecule has 0 aromatic carbocycles. The second kappa shape index (κ2) is 4.09. The molecule has 1 aromatic heterocycles. The molecule has 5 heteroatoms. The van der Waals surface area contributed by atoms with Gasteiger partial charge in [-0.1, -0.05) is 0 Å². The minimum absolute atomic E-state index is 0.0801. The van der Waals surface area contributed by atoms with Crippen molar-refractivity contribution >= 4 is 17.5 Å². The third-order valence-electron chi connectivity index (χ3n) is 3.18. The summed E-state index contributed by atoms with van der Waals surface area (Å²) in [5.74, 6) is 0.402. The van der Waals surface area contributed by atoms with Crippen LogP contribution >= 0.6 is 11.6 Å². The van der Waals surface area contributed by atoms with E-state index < -0.39 is 0 Å². The minimum atomic E-state index is -0.184. The van der Waals surface area contributed by atoms with Gasteiger partial charge in [-0.3, -0.25) is 9.48 Å². The molecule has 1 N–H and O–H groups in total. The van der Waals surface area contributed by atoms with Gasteiger partial charge in [-0.05, 0) is 32.3 Å². The summed E-state index contributed by atoms with van der Waals surface area (Å²) in [7, 11) is 1.77. The molecule has 2 rings (SSSR count). The average molecular weight is 242 g/mol. The van der Waals surface area contributed by atoms with Crippen molar-refractivity contribution < 1.29 is 4.79 Å². The van der Waals surface area contributed by atoms with Crippen LogP contribution in [0.4, 0.5) is 0 Å². The van der Waals surface area contributed by atoms with Gasteiger partial charge in [-0.15, -0.1) is 11.6 Å². The summed E-state index contributed by atoms with van der Waals surface area (Å²) in [6, 6.07) is 1.79. The standard InChI is InChI=1S/C11H16ClN3O/c1-8-6-9(15(2)14-8)10(16)13-11(7-12)4-3-5-11/h6H,3-5,7H2,1-2H3,(H,13,16). The second-order valence-electron chi connectivity index (χ2n) is 4.52. The maximum absolute atomic E-state index is 12.0. The van der Waals surface area contributed by atoms with Gasteiger partial charge in [0, 0.05) is 12.9 Å². The summed E-state index contributed by atoms with van der Waals surface area (Å²) < 4.78 is 1.60. The fourth-order valence-corrected chi connectivity index (χ4v) is 2.36. The van der Waals surface area contributed by atoms with Gasteiger partial charge < -0.3 is 5.32 Å². The van der Waals surface area contributed by atoms with E-state index in [9.17, 15) is 4.79 Å². The predicted molar refractivity (Wildman–Crippen MR) is 62.7 cm³/mol. The molecule has 1 amide bonds. The van der Waals surface area contributed by atoms with Gasteiger partial charge in [0.15, 0.2) is 0 Å². The van der Waals surface area contributed by atoms with Crippen LogP contribution in [0, 0.1) is 6.92 Å². The lowest BCUT2D eigenvalue weighted by atomic mass is 9.78. The highest BCUT2D eigenvalue weighted by molar-refractivity contribution is 6.19. The van der Waals surface area contributed by atoms with E-state index in [2.05, 4.69) is 10.4 Å². The number of aromatic nitrogens is 2. The summed E-state index contributed by atoms with van der Waals surface area (Å²) in [5.41, 5.74) is 1.26. The van der Waals surface area contributed by atoms with E-state index in [0.717, 1.165) is 25.0 Å². The summed E-state index contributed by atoms with van der Waals surface area (Å²) in [4.78, 5) is 12.0. The van der Waals surface area contributed by atoms with Crippen LogP contribution in [0.25, 0.3) is 0 Å². The number of nitrogens with zero attached hydrogens (tertiary/aromatic N) is 2. The van der Waals surface area contributed by atoms with E-state index in [0.29, 0.717) is 11.6 Å². The van der Waals surface area contributed by atoms with Gasteiger partial charge in [0.25, 0.3) is 5.91 Å². The topological polar surface area (TPSA) is 46.9 Å². The molecule has 16 heavy (non-hydrogen) atoms. The molecule has 0 aliphatic heterocycles. The Labute approximate surface area is 100.0 Å². The number of aryl methyl sites for hydroxylation is 2. The van der Waals surface area contributed by atoms with Crippen molar-refractivity contribution in [2.24, 2.45) is 7.05 Å². The van der Waals surface area contributed by atoms with E-state index in [1.165, 1.54) is 0 Å². The minimum Gasteiger partial charge on any atom is -0.344 e. The molecular weight excluding hydrogens is 226 g/mol. The number of amides is 1. The molecule has 1 aromatic rings. The van der Waals surface area contributed by atoms with Crippen molar-refractivity contribution in [1.82, 2.24) is 15.1 Å². The molecule has 1 saturated carbocycles. The first-order valence-electron chi connectivity index (χ1n) is 5.45. The Bertz CT molecular complexity index is 404. The maximum atomic E-state index is 12.0. The molecule has 0 unspecified atom stereocenters. The SMILES string of the molecule is Cc1cc(C(=O)NC2(CCl)CCC2)n(C)n1. The molecule has 1 fully saturated rings. The van der Waals surface area contributed by atoms with Crippen LogP contribution in [-0.2, 0) is 7.05 Å². The van der Waals surface area contributed by atoms with Crippen molar-refractivity contribution in [2.75, 3.05) is 5.88 Å². The molecule has 0 bridgehead atoms. The lowest BCUT2D eigenvalue weighted by molar-refractivity contribution is 0.0844. The highest BCUT2D eigenvalue weighted by Gasteiger charge is 2.38. The van der Waals surface area contributed by atoms with Gasteiger partial charge in [0.05, 0.1) is 11.2 Å². The largest absolute Gasteiger partial charge is 0.344 e. The van der Waals surface area contributed by atoms with Gasteiger partial charge in [-0.2, -0.15) is 5.10 Å². The zero-order valence-corrected chi connectivity index (χ0v) is 10.3. The van der Waals surface area contributed by atoms with E-state index in [-0.39, 0.29) is 11.4 Å². The van der Waals surface area contributed by atoms with Crippen LogP contribution in [0.3, 0.4) is 0 Å². The Morgan fingerprint density at radius 2 is 2.38 bits per heavy atom. The molecule has 1 aliphatic rings. The molecule has 1 heterocycles. The third-order valence-corrected chi connectivity index (χ3v) is 3.69. The van der Waals surface area contributed by atoms with Crippen molar-refractivity contribution in [3.05, 3.63) is 17.5 Å². The van der Waals surface area contributed by atoms with Crippen LogP contribution in [0.5, 0.6) is 0 Å². The number of carbonyl (C=O) groups excluding carboxylic acids is 1. The van der Waals surface area contributed by atoms with Crippen molar-refractivity contribution in [3.8, 4) is 0 Å².